The van der Waals surface area contributed by atoms with Gasteiger partial charge in [0.2, 0.25) is 5.91 Å². The molecular weight excluding hydrogens is 369 g/mol. The van der Waals surface area contributed by atoms with Crippen molar-refractivity contribution in [3.05, 3.63) is 46.5 Å². The first-order valence-electron chi connectivity index (χ1n) is 9.66. The Kier molecular flexibility index (Phi) is 5.82. The van der Waals surface area contributed by atoms with Crippen LogP contribution in [-0.2, 0) is 22.3 Å². The first kappa shape index (κ1) is 20.4. The monoisotopic (exact) mass is 394 g/mol. The van der Waals surface area contributed by atoms with Crippen molar-refractivity contribution in [3.8, 4) is 0 Å². The molecule has 1 aliphatic carbocycles. The molecule has 2 aliphatic rings. The Balaban J connectivity index is 1.67. The largest absolute Gasteiger partial charge is 0.416 e. The fourth-order valence-corrected chi connectivity index (χ4v) is 4.15. The predicted molar refractivity (Wildman–Crippen MR) is 99.2 cm³/mol. The van der Waals surface area contributed by atoms with E-state index >= 15 is 0 Å². The minimum Gasteiger partial charge on any atom is -0.352 e. The van der Waals surface area contributed by atoms with Crippen LogP contribution >= 0.6 is 0 Å². The summed E-state index contributed by atoms with van der Waals surface area (Å²) in [7, 11) is 0. The number of fused-ring (bicyclic) bond motifs is 1. The number of carbonyl (C=O) groups is 2. The van der Waals surface area contributed by atoms with E-state index in [1.54, 1.807) is 0 Å². The third-order valence-electron chi connectivity index (χ3n) is 5.43. The molecule has 7 heteroatoms. The standard InChI is InChI=1S/C21H25F3N2O2/c1-13(2)26-18-9-4-3-8-16(18)17(20(26)28)11-19(27)25-12-14-6-5-7-15(10-14)21(22,23)24/h5-7,10,13,18H,3-4,8-9,11-12H2,1-2H3,(H,25,27). The number of amides is 2. The second-order valence-corrected chi connectivity index (χ2v) is 7.72. The van der Waals surface area contributed by atoms with Crippen molar-refractivity contribution in [1.29, 1.82) is 0 Å². The van der Waals surface area contributed by atoms with Crippen molar-refractivity contribution in [3.63, 3.8) is 0 Å². The van der Waals surface area contributed by atoms with Crippen LogP contribution in [-0.4, -0.2) is 28.8 Å². The molecule has 1 aromatic carbocycles. The van der Waals surface area contributed by atoms with E-state index in [9.17, 15) is 22.8 Å². The maximum Gasteiger partial charge on any atom is 0.416 e. The summed E-state index contributed by atoms with van der Waals surface area (Å²) in [6, 6.07) is 5.04. The zero-order valence-corrected chi connectivity index (χ0v) is 16.1. The molecule has 1 heterocycles. The summed E-state index contributed by atoms with van der Waals surface area (Å²) < 4.78 is 38.4. The molecule has 0 radical (unpaired) electrons. The number of rotatable bonds is 5. The minimum absolute atomic E-state index is 0.00309. The van der Waals surface area contributed by atoms with Gasteiger partial charge >= 0.3 is 6.18 Å². The molecule has 1 unspecified atom stereocenters. The van der Waals surface area contributed by atoms with Crippen molar-refractivity contribution in [2.75, 3.05) is 0 Å². The molecule has 1 aromatic rings. The lowest BCUT2D eigenvalue weighted by atomic mass is 9.88. The topological polar surface area (TPSA) is 49.4 Å². The van der Waals surface area contributed by atoms with Gasteiger partial charge in [0.25, 0.3) is 5.91 Å². The van der Waals surface area contributed by atoms with E-state index in [0.717, 1.165) is 43.4 Å². The van der Waals surface area contributed by atoms with Gasteiger partial charge in [-0.1, -0.05) is 18.6 Å². The number of hydrogen-bond donors (Lipinski definition) is 1. The van der Waals surface area contributed by atoms with Gasteiger partial charge in [0.05, 0.1) is 18.0 Å². The number of benzene rings is 1. The van der Waals surface area contributed by atoms with Gasteiger partial charge in [0.1, 0.15) is 0 Å². The number of halogens is 3. The van der Waals surface area contributed by atoms with Crippen LogP contribution in [0.1, 0.15) is 57.1 Å². The Morgan fingerprint density at radius 1 is 1.29 bits per heavy atom. The Bertz CT molecular complexity index is 799. The van der Waals surface area contributed by atoms with Crippen LogP contribution in [0.2, 0.25) is 0 Å². The Morgan fingerprint density at radius 2 is 2.04 bits per heavy atom. The number of alkyl halides is 3. The maximum atomic E-state index is 12.8. The fraction of sp³-hybridized carbons (Fsp3) is 0.524. The summed E-state index contributed by atoms with van der Waals surface area (Å²) in [4.78, 5) is 27.1. The Morgan fingerprint density at radius 3 is 2.71 bits per heavy atom. The molecule has 3 rings (SSSR count). The molecule has 28 heavy (non-hydrogen) atoms. The highest BCUT2D eigenvalue weighted by atomic mass is 19.4. The lowest BCUT2D eigenvalue weighted by Crippen LogP contribution is -2.41. The predicted octanol–water partition coefficient (Wildman–Crippen LogP) is 4.20. The number of nitrogens with one attached hydrogen (secondary N) is 1. The van der Waals surface area contributed by atoms with Crippen LogP contribution < -0.4 is 5.32 Å². The molecule has 0 saturated heterocycles. The van der Waals surface area contributed by atoms with Gasteiger partial charge in [-0.2, -0.15) is 13.2 Å². The molecular formula is C21H25F3N2O2. The molecule has 1 atom stereocenters. The van der Waals surface area contributed by atoms with E-state index in [-0.39, 0.29) is 36.9 Å². The average Bonchev–Trinajstić information content (AvgIpc) is 2.91. The molecule has 1 saturated carbocycles. The smallest absolute Gasteiger partial charge is 0.352 e. The van der Waals surface area contributed by atoms with E-state index < -0.39 is 11.7 Å². The van der Waals surface area contributed by atoms with Gasteiger partial charge in [-0.05, 0) is 56.4 Å². The van der Waals surface area contributed by atoms with Crippen molar-refractivity contribution in [2.24, 2.45) is 0 Å². The summed E-state index contributed by atoms with van der Waals surface area (Å²) >= 11 is 0. The van der Waals surface area contributed by atoms with Crippen LogP contribution in [0.4, 0.5) is 13.2 Å². The highest BCUT2D eigenvalue weighted by molar-refractivity contribution is 6.02. The first-order valence-corrected chi connectivity index (χ1v) is 9.66. The summed E-state index contributed by atoms with van der Waals surface area (Å²) in [6.07, 6.45) is -0.601. The summed E-state index contributed by atoms with van der Waals surface area (Å²) in [5, 5.41) is 2.65. The molecule has 2 amide bonds. The highest BCUT2D eigenvalue weighted by Crippen LogP contribution is 2.39. The lowest BCUT2D eigenvalue weighted by Gasteiger charge is -2.33. The van der Waals surface area contributed by atoms with E-state index in [1.165, 1.54) is 12.1 Å². The van der Waals surface area contributed by atoms with Crippen molar-refractivity contribution in [2.45, 2.75) is 70.8 Å². The van der Waals surface area contributed by atoms with Crippen molar-refractivity contribution in [1.82, 2.24) is 10.2 Å². The number of carbonyl (C=O) groups excluding carboxylic acids is 2. The molecule has 152 valence electrons. The van der Waals surface area contributed by atoms with Crippen LogP contribution in [0.3, 0.4) is 0 Å². The quantitative estimate of drug-likeness (QED) is 0.814. The summed E-state index contributed by atoms with van der Waals surface area (Å²) in [6.45, 7) is 3.94. The average molecular weight is 394 g/mol. The van der Waals surface area contributed by atoms with E-state index in [4.69, 9.17) is 0 Å². The zero-order chi connectivity index (χ0) is 20.5. The Labute approximate surface area is 162 Å². The van der Waals surface area contributed by atoms with Crippen molar-refractivity contribution >= 4 is 11.8 Å². The lowest BCUT2D eigenvalue weighted by molar-refractivity contribution is -0.137. The zero-order valence-electron chi connectivity index (χ0n) is 16.1. The molecule has 4 nitrogen and oxygen atoms in total. The summed E-state index contributed by atoms with van der Waals surface area (Å²) in [5.74, 6) is -0.422. The van der Waals surface area contributed by atoms with Gasteiger partial charge in [-0.25, -0.2) is 0 Å². The number of nitrogens with zero attached hydrogens (tertiary/aromatic N) is 1. The van der Waals surface area contributed by atoms with Gasteiger partial charge in [0, 0.05) is 18.2 Å². The van der Waals surface area contributed by atoms with E-state index in [1.807, 2.05) is 18.7 Å². The third-order valence-corrected chi connectivity index (χ3v) is 5.43. The first-order chi connectivity index (χ1) is 13.2. The van der Waals surface area contributed by atoms with Gasteiger partial charge in [0.15, 0.2) is 0 Å². The number of hydrogen-bond acceptors (Lipinski definition) is 2. The molecule has 0 spiro atoms. The van der Waals surface area contributed by atoms with Crippen LogP contribution in [0.15, 0.2) is 35.4 Å². The third kappa shape index (κ3) is 4.23. The second-order valence-electron chi connectivity index (χ2n) is 7.72. The van der Waals surface area contributed by atoms with Gasteiger partial charge in [-0.3, -0.25) is 9.59 Å². The van der Waals surface area contributed by atoms with Gasteiger partial charge < -0.3 is 10.2 Å². The van der Waals surface area contributed by atoms with Crippen LogP contribution in [0.5, 0.6) is 0 Å². The minimum atomic E-state index is -4.42. The van der Waals surface area contributed by atoms with Gasteiger partial charge in [-0.15, -0.1) is 0 Å². The molecule has 1 aliphatic heterocycles. The van der Waals surface area contributed by atoms with Crippen LogP contribution in [0, 0.1) is 0 Å². The summed E-state index contributed by atoms with van der Waals surface area (Å²) in [5.41, 5.74) is 1.27. The fourth-order valence-electron chi connectivity index (χ4n) is 4.15. The normalized spacial score (nSPS) is 20.0. The van der Waals surface area contributed by atoms with Crippen LogP contribution in [0.25, 0.3) is 0 Å². The Hall–Kier alpha value is -2.31. The molecule has 0 bridgehead atoms. The van der Waals surface area contributed by atoms with E-state index in [0.29, 0.717) is 11.1 Å². The highest BCUT2D eigenvalue weighted by Gasteiger charge is 2.41. The van der Waals surface area contributed by atoms with E-state index in [2.05, 4.69) is 5.32 Å². The molecule has 1 fully saturated rings. The second kappa shape index (κ2) is 7.97. The molecule has 1 N–H and O–H groups in total. The maximum absolute atomic E-state index is 12.8. The van der Waals surface area contributed by atoms with Crippen molar-refractivity contribution < 1.29 is 22.8 Å². The molecule has 0 aromatic heterocycles. The SMILES string of the molecule is CC(C)N1C(=O)C(CC(=O)NCc2cccc(C(F)(F)F)c2)=C2CCCCC21.